The van der Waals surface area contributed by atoms with Crippen molar-refractivity contribution in [3.63, 3.8) is 0 Å². The van der Waals surface area contributed by atoms with Gasteiger partial charge in [-0.2, -0.15) is 13.2 Å². The fourth-order valence-electron chi connectivity index (χ4n) is 2.73. The molecule has 0 aliphatic carbocycles. The molecule has 0 saturated heterocycles. The van der Waals surface area contributed by atoms with Crippen molar-refractivity contribution in [3.8, 4) is 0 Å². The smallest absolute Gasteiger partial charge is 0.166 e. The first kappa shape index (κ1) is 17.0. The molecule has 0 bridgehead atoms. The van der Waals surface area contributed by atoms with Crippen LogP contribution in [0.15, 0.2) is 91.0 Å². The molecule has 0 unspecified atom stereocenters. The van der Waals surface area contributed by atoms with Crippen LogP contribution in [0.25, 0.3) is 6.08 Å². The van der Waals surface area contributed by atoms with Crippen molar-refractivity contribution < 1.29 is 13.2 Å². The Morgan fingerprint density at radius 2 is 1.16 bits per heavy atom. The predicted octanol–water partition coefficient (Wildman–Crippen LogP) is 6.55. The Hall–Kier alpha value is -2.81. The Morgan fingerprint density at radius 3 is 1.72 bits per heavy atom. The number of benzene rings is 3. The van der Waals surface area contributed by atoms with Crippen molar-refractivity contribution in [2.24, 2.45) is 0 Å². The third-order valence-corrected chi connectivity index (χ3v) is 4.04. The highest BCUT2D eigenvalue weighted by Crippen LogP contribution is 2.32. The minimum Gasteiger partial charge on any atom is -0.166 e. The van der Waals surface area contributed by atoms with Crippen LogP contribution < -0.4 is 0 Å². The number of allylic oxidation sites excluding steroid dienone is 1. The van der Waals surface area contributed by atoms with Gasteiger partial charge in [0.2, 0.25) is 0 Å². The van der Waals surface area contributed by atoms with E-state index in [1.165, 1.54) is 0 Å². The molecule has 25 heavy (non-hydrogen) atoms. The molecule has 0 amide bonds. The van der Waals surface area contributed by atoms with Crippen molar-refractivity contribution in [1.29, 1.82) is 0 Å². The van der Waals surface area contributed by atoms with Crippen LogP contribution in [0.3, 0.4) is 0 Å². The van der Waals surface area contributed by atoms with E-state index in [1.54, 1.807) is 12.1 Å². The lowest BCUT2D eigenvalue weighted by Gasteiger charge is -2.15. The van der Waals surface area contributed by atoms with Crippen molar-refractivity contribution in [3.05, 3.63) is 113 Å². The van der Waals surface area contributed by atoms with Crippen LogP contribution in [-0.2, 0) is 6.18 Å². The summed E-state index contributed by atoms with van der Waals surface area (Å²) in [5, 5.41) is 0. The number of alkyl halides is 3. The predicted molar refractivity (Wildman–Crippen MR) is 95.2 cm³/mol. The first-order valence-electron chi connectivity index (χ1n) is 7.99. The molecule has 0 fully saturated rings. The summed E-state index contributed by atoms with van der Waals surface area (Å²) in [5.74, 6) is -0.108. The summed E-state index contributed by atoms with van der Waals surface area (Å²) in [4.78, 5) is 0. The van der Waals surface area contributed by atoms with Crippen LogP contribution >= 0.6 is 0 Å². The number of hydrogen-bond donors (Lipinski definition) is 0. The van der Waals surface area contributed by atoms with Gasteiger partial charge >= 0.3 is 6.18 Å². The molecule has 1 atom stereocenters. The molecule has 0 saturated carbocycles. The first-order chi connectivity index (χ1) is 12.0. The lowest BCUT2D eigenvalue weighted by atomic mass is 9.90. The number of halogens is 3. The Balaban J connectivity index is 1.96. The molecule has 3 heteroatoms. The summed E-state index contributed by atoms with van der Waals surface area (Å²) in [6, 6.07) is 25.0. The normalized spacial score (nSPS) is 13.1. The summed E-state index contributed by atoms with van der Waals surface area (Å²) in [7, 11) is 0. The van der Waals surface area contributed by atoms with E-state index in [4.69, 9.17) is 0 Å². The molecule has 3 aromatic rings. The van der Waals surface area contributed by atoms with E-state index in [2.05, 4.69) is 0 Å². The highest BCUT2D eigenvalue weighted by molar-refractivity contribution is 5.53. The minimum atomic E-state index is -4.32. The van der Waals surface area contributed by atoms with Gasteiger partial charge < -0.3 is 0 Å². The van der Waals surface area contributed by atoms with E-state index in [0.717, 1.165) is 28.8 Å². The standard InChI is InChI=1S/C22H17F3/c23-22(24,25)20-14-12-19(13-15-20)21(18-9-5-2-6-10-18)16-11-17-7-3-1-4-8-17/h1-16,21H/b16-11+/t21-/m1/s1. The molecule has 0 heterocycles. The molecule has 126 valence electrons. The van der Waals surface area contributed by atoms with Gasteiger partial charge in [-0.15, -0.1) is 0 Å². The monoisotopic (exact) mass is 338 g/mol. The molecule has 0 spiro atoms. The van der Waals surface area contributed by atoms with Crippen LogP contribution in [0.1, 0.15) is 28.2 Å². The lowest BCUT2D eigenvalue weighted by Crippen LogP contribution is -2.05. The summed E-state index contributed by atoms with van der Waals surface area (Å²) in [6.45, 7) is 0. The average Bonchev–Trinajstić information content (AvgIpc) is 2.63. The fourth-order valence-corrected chi connectivity index (χ4v) is 2.73. The maximum atomic E-state index is 12.8. The van der Waals surface area contributed by atoms with Gasteiger partial charge in [0.05, 0.1) is 5.56 Å². The van der Waals surface area contributed by atoms with Gasteiger partial charge in [0, 0.05) is 5.92 Å². The summed E-state index contributed by atoms with van der Waals surface area (Å²) in [5.41, 5.74) is 2.28. The zero-order chi connectivity index (χ0) is 17.7. The zero-order valence-electron chi connectivity index (χ0n) is 13.4. The molecule has 0 N–H and O–H groups in total. The molecule has 0 aliphatic heterocycles. The minimum absolute atomic E-state index is 0.108. The van der Waals surface area contributed by atoms with Gasteiger partial charge in [0.25, 0.3) is 0 Å². The van der Waals surface area contributed by atoms with Crippen molar-refractivity contribution in [2.45, 2.75) is 12.1 Å². The molecule has 3 rings (SSSR count). The maximum absolute atomic E-state index is 12.8. The quantitative estimate of drug-likeness (QED) is 0.506. The molecular weight excluding hydrogens is 321 g/mol. The topological polar surface area (TPSA) is 0 Å². The van der Waals surface area contributed by atoms with Gasteiger partial charge in [-0.05, 0) is 28.8 Å². The number of rotatable bonds is 4. The average molecular weight is 338 g/mol. The second kappa shape index (κ2) is 7.39. The highest BCUT2D eigenvalue weighted by Gasteiger charge is 2.30. The Labute approximate surface area is 145 Å². The van der Waals surface area contributed by atoms with E-state index in [-0.39, 0.29) is 5.92 Å². The lowest BCUT2D eigenvalue weighted by molar-refractivity contribution is -0.137. The SMILES string of the molecule is FC(F)(F)c1ccc([C@H](/C=C/c2ccccc2)c2ccccc2)cc1. The van der Waals surface area contributed by atoms with Gasteiger partial charge in [-0.25, -0.2) is 0 Å². The Morgan fingerprint density at radius 1 is 0.640 bits per heavy atom. The van der Waals surface area contributed by atoms with E-state index in [0.29, 0.717) is 0 Å². The second-order valence-electron chi connectivity index (χ2n) is 5.78. The van der Waals surface area contributed by atoms with E-state index in [1.807, 2.05) is 72.8 Å². The molecule has 3 aromatic carbocycles. The van der Waals surface area contributed by atoms with E-state index >= 15 is 0 Å². The maximum Gasteiger partial charge on any atom is 0.416 e. The van der Waals surface area contributed by atoms with Crippen molar-refractivity contribution >= 4 is 6.08 Å². The van der Waals surface area contributed by atoms with Crippen LogP contribution in [0.4, 0.5) is 13.2 Å². The largest absolute Gasteiger partial charge is 0.416 e. The summed E-state index contributed by atoms with van der Waals surface area (Å²) in [6.07, 6.45) is -0.302. The van der Waals surface area contributed by atoms with Crippen LogP contribution in [-0.4, -0.2) is 0 Å². The first-order valence-corrected chi connectivity index (χ1v) is 7.99. The molecule has 0 aliphatic rings. The van der Waals surface area contributed by atoms with Gasteiger partial charge in [-0.1, -0.05) is 84.9 Å². The highest BCUT2D eigenvalue weighted by atomic mass is 19.4. The van der Waals surface area contributed by atoms with Crippen LogP contribution in [0.5, 0.6) is 0 Å². The Bertz CT molecular complexity index is 817. The summed E-state index contributed by atoms with van der Waals surface area (Å²) >= 11 is 0. The summed E-state index contributed by atoms with van der Waals surface area (Å²) < 4.78 is 38.4. The van der Waals surface area contributed by atoms with Crippen LogP contribution in [0.2, 0.25) is 0 Å². The second-order valence-corrected chi connectivity index (χ2v) is 5.78. The molecule has 0 aromatic heterocycles. The van der Waals surface area contributed by atoms with Gasteiger partial charge in [0.1, 0.15) is 0 Å². The van der Waals surface area contributed by atoms with E-state index < -0.39 is 11.7 Å². The van der Waals surface area contributed by atoms with E-state index in [9.17, 15) is 13.2 Å². The molecular formula is C22H17F3. The third kappa shape index (κ3) is 4.38. The van der Waals surface area contributed by atoms with Crippen LogP contribution in [0, 0.1) is 0 Å². The Kier molecular flexibility index (Phi) is 5.03. The molecule has 0 radical (unpaired) electrons. The van der Waals surface area contributed by atoms with Crippen molar-refractivity contribution in [2.75, 3.05) is 0 Å². The number of hydrogen-bond acceptors (Lipinski definition) is 0. The fraction of sp³-hybridized carbons (Fsp3) is 0.0909. The zero-order valence-corrected chi connectivity index (χ0v) is 13.4. The van der Waals surface area contributed by atoms with Gasteiger partial charge in [0.15, 0.2) is 0 Å². The molecule has 0 nitrogen and oxygen atoms in total. The third-order valence-electron chi connectivity index (χ3n) is 4.04. The van der Waals surface area contributed by atoms with Crippen molar-refractivity contribution in [1.82, 2.24) is 0 Å². The van der Waals surface area contributed by atoms with Gasteiger partial charge in [-0.3, -0.25) is 0 Å².